The van der Waals surface area contributed by atoms with E-state index in [1.807, 2.05) is 18.2 Å². The highest BCUT2D eigenvalue weighted by Gasteiger charge is 2.38. The molecule has 1 saturated heterocycles. The van der Waals surface area contributed by atoms with Gasteiger partial charge >= 0.3 is 0 Å². The minimum absolute atomic E-state index is 0.224. The number of nitrogens with zero attached hydrogens (tertiary/aromatic N) is 1. The SMILES string of the molecule is CC(NC(=O)C1(N)CCCC1)C(=O)Nc1cccc(N2CCCC2)c1. The molecule has 1 aromatic rings. The second-order valence-electron chi connectivity index (χ2n) is 7.29. The minimum Gasteiger partial charge on any atom is -0.371 e. The first-order chi connectivity index (χ1) is 12.0. The molecule has 1 aliphatic carbocycles. The first-order valence-corrected chi connectivity index (χ1v) is 9.24. The molecule has 1 aliphatic heterocycles. The lowest BCUT2D eigenvalue weighted by molar-refractivity contribution is -0.129. The lowest BCUT2D eigenvalue weighted by Gasteiger charge is -2.25. The summed E-state index contributed by atoms with van der Waals surface area (Å²) in [6.07, 6.45) is 5.72. The highest BCUT2D eigenvalue weighted by molar-refractivity contribution is 5.98. The second kappa shape index (κ2) is 7.44. The van der Waals surface area contributed by atoms with Crippen molar-refractivity contribution in [1.29, 1.82) is 0 Å². The van der Waals surface area contributed by atoms with Crippen molar-refractivity contribution in [3.05, 3.63) is 24.3 Å². The van der Waals surface area contributed by atoms with Crippen LogP contribution in [0.5, 0.6) is 0 Å². The number of nitrogens with two attached hydrogens (primary N) is 1. The Kier molecular flexibility index (Phi) is 5.27. The second-order valence-corrected chi connectivity index (χ2v) is 7.29. The average molecular weight is 344 g/mol. The Bertz CT molecular complexity index is 634. The molecule has 2 aliphatic rings. The first kappa shape index (κ1) is 17.7. The van der Waals surface area contributed by atoms with E-state index < -0.39 is 11.6 Å². The van der Waals surface area contributed by atoms with Crippen LogP contribution in [0.1, 0.15) is 45.4 Å². The minimum atomic E-state index is -0.815. The molecule has 6 heteroatoms. The fourth-order valence-electron chi connectivity index (χ4n) is 3.65. The van der Waals surface area contributed by atoms with Gasteiger partial charge in [0.25, 0.3) is 0 Å². The lowest BCUT2D eigenvalue weighted by Crippen LogP contribution is -2.56. The standard InChI is InChI=1S/C19H28N4O2/c1-14(21-18(25)19(20)9-2-3-10-19)17(24)22-15-7-6-8-16(13-15)23-11-4-5-12-23/h6-8,13-14H,2-5,9-12,20H2,1H3,(H,21,25)(H,22,24). The Balaban J connectivity index is 1.57. The van der Waals surface area contributed by atoms with Crippen LogP contribution in [-0.2, 0) is 9.59 Å². The largest absolute Gasteiger partial charge is 0.371 e. The smallest absolute Gasteiger partial charge is 0.246 e. The van der Waals surface area contributed by atoms with E-state index in [4.69, 9.17) is 5.73 Å². The molecule has 4 N–H and O–H groups in total. The number of carbonyl (C=O) groups excluding carboxylic acids is 2. The van der Waals surface area contributed by atoms with E-state index in [1.165, 1.54) is 12.8 Å². The van der Waals surface area contributed by atoms with Crippen molar-refractivity contribution in [2.45, 2.75) is 57.0 Å². The maximum absolute atomic E-state index is 12.4. The van der Waals surface area contributed by atoms with Crippen molar-refractivity contribution >= 4 is 23.2 Å². The monoisotopic (exact) mass is 344 g/mol. The van der Waals surface area contributed by atoms with Crippen LogP contribution in [-0.4, -0.2) is 36.5 Å². The number of rotatable bonds is 5. The predicted octanol–water partition coefficient (Wildman–Crippen LogP) is 2.00. The summed E-state index contributed by atoms with van der Waals surface area (Å²) in [5, 5.41) is 5.66. The van der Waals surface area contributed by atoms with E-state index in [9.17, 15) is 9.59 Å². The molecule has 1 heterocycles. The van der Waals surface area contributed by atoms with Gasteiger partial charge in [0, 0.05) is 24.5 Å². The normalized spacial score (nSPS) is 20.3. The molecule has 1 unspecified atom stereocenters. The average Bonchev–Trinajstić information content (AvgIpc) is 3.27. The topological polar surface area (TPSA) is 87.5 Å². The molecule has 1 atom stereocenters. The van der Waals surface area contributed by atoms with Gasteiger partial charge in [0.15, 0.2) is 0 Å². The molecule has 2 amide bonds. The van der Waals surface area contributed by atoms with E-state index in [1.54, 1.807) is 6.92 Å². The first-order valence-electron chi connectivity index (χ1n) is 9.24. The molecule has 136 valence electrons. The van der Waals surface area contributed by atoms with Gasteiger partial charge in [-0.1, -0.05) is 18.9 Å². The van der Waals surface area contributed by atoms with Crippen molar-refractivity contribution in [3.63, 3.8) is 0 Å². The van der Waals surface area contributed by atoms with Crippen molar-refractivity contribution in [3.8, 4) is 0 Å². The maximum Gasteiger partial charge on any atom is 0.246 e. The lowest BCUT2D eigenvalue weighted by atomic mass is 9.97. The van der Waals surface area contributed by atoms with Gasteiger partial charge < -0.3 is 21.3 Å². The highest BCUT2D eigenvalue weighted by Crippen LogP contribution is 2.27. The molecule has 6 nitrogen and oxygen atoms in total. The molecule has 1 saturated carbocycles. The van der Waals surface area contributed by atoms with Crippen molar-refractivity contribution < 1.29 is 9.59 Å². The third-order valence-corrected chi connectivity index (χ3v) is 5.27. The summed E-state index contributed by atoms with van der Waals surface area (Å²) in [7, 11) is 0. The zero-order chi connectivity index (χ0) is 17.9. The predicted molar refractivity (Wildman–Crippen MR) is 99.5 cm³/mol. The molecular weight excluding hydrogens is 316 g/mol. The molecule has 0 aromatic heterocycles. The number of amides is 2. The Hall–Kier alpha value is -2.08. The molecule has 3 rings (SSSR count). The number of carbonyl (C=O) groups is 2. The summed E-state index contributed by atoms with van der Waals surface area (Å²) in [5.74, 6) is -0.452. The van der Waals surface area contributed by atoms with E-state index in [0.717, 1.165) is 37.3 Å². The third kappa shape index (κ3) is 4.12. The van der Waals surface area contributed by atoms with Crippen LogP contribution in [0.25, 0.3) is 0 Å². The summed E-state index contributed by atoms with van der Waals surface area (Å²) in [6, 6.07) is 7.24. The van der Waals surface area contributed by atoms with Crippen LogP contribution in [0.15, 0.2) is 24.3 Å². The van der Waals surface area contributed by atoms with Crippen molar-refractivity contribution in [2.24, 2.45) is 5.73 Å². The zero-order valence-electron chi connectivity index (χ0n) is 14.9. The van der Waals surface area contributed by atoms with Gasteiger partial charge in [0.2, 0.25) is 11.8 Å². The molecule has 0 radical (unpaired) electrons. The van der Waals surface area contributed by atoms with Crippen LogP contribution in [0.2, 0.25) is 0 Å². The van der Waals surface area contributed by atoms with Gasteiger partial charge in [0.1, 0.15) is 6.04 Å². The van der Waals surface area contributed by atoms with Crippen LogP contribution in [0.4, 0.5) is 11.4 Å². The van der Waals surface area contributed by atoms with Gasteiger partial charge in [-0.15, -0.1) is 0 Å². The number of hydrogen-bond acceptors (Lipinski definition) is 4. The Morgan fingerprint density at radius 1 is 1.16 bits per heavy atom. The van der Waals surface area contributed by atoms with Gasteiger partial charge in [-0.05, 0) is 50.8 Å². The Morgan fingerprint density at radius 2 is 1.84 bits per heavy atom. The third-order valence-electron chi connectivity index (χ3n) is 5.27. The zero-order valence-corrected chi connectivity index (χ0v) is 14.9. The molecule has 2 fully saturated rings. The summed E-state index contributed by atoms with van der Waals surface area (Å²) in [4.78, 5) is 27.1. The quantitative estimate of drug-likeness (QED) is 0.762. The van der Waals surface area contributed by atoms with E-state index in [2.05, 4.69) is 21.6 Å². The summed E-state index contributed by atoms with van der Waals surface area (Å²) in [6.45, 7) is 3.81. The van der Waals surface area contributed by atoms with Crippen molar-refractivity contribution in [2.75, 3.05) is 23.3 Å². The number of anilines is 2. The van der Waals surface area contributed by atoms with Gasteiger partial charge in [0.05, 0.1) is 5.54 Å². The van der Waals surface area contributed by atoms with E-state index >= 15 is 0 Å². The number of hydrogen-bond donors (Lipinski definition) is 3. The number of nitrogens with one attached hydrogen (secondary N) is 2. The molecule has 0 bridgehead atoms. The van der Waals surface area contributed by atoms with Gasteiger partial charge in [-0.3, -0.25) is 9.59 Å². The molecule has 0 spiro atoms. The van der Waals surface area contributed by atoms with E-state index in [0.29, 0.717) is 12.8 Å². The van der Waals surface area contributed by atoms with Gasteiger partial charge in [-0.25, -0.2) is 0 Å². The van der Waals surface area contributed by atoms with Crippen LogP contribution >= 0.6 is 0 Å². The fourth-order valence-corrected chi connectivity index (χ4v) is 3.65. The molecular formula is C19H28N4O2. The fraction of sp³-hybridized carbons (Fsp3) is 0.579. The van der Waals surface area contributed by atoms with E-state index in [-0.39, 0.29) is 11.8 Å². The number of benzene rings is 1. The van der Waals surface area contributed by atoms with Crippen LogP contribution in [0, 0.1) is 0 Å². The van der Waals surface area contributed by atoms with Crippen LogP contribution < -0.4 is 21.3 Å². The maximum atomic E-state index is 12.4. The Morgan fingerprint density at radius 3 is 2.52 bits per heavy atom. The summed E-state index contributed by atoms with van der Waals surface area (Å²) < 4.78 is 0. The highest BCUT2D eigenvalue weighted by atomic mass is 16.2. The molecule has 1 aromatic carbocycles. The van der Waals surface area contributed by atoms with Gasteiger partial charge in [-0.2, -0.15) is 0 Å². The Labute approximate surface area is 149 Å². The summed E-state index contributed by atoms with van der Waals surface area (Å²) >= 11 is 0. The summed E-state index contributed by atoms with van der Waals surface area (Å²) in [5.41, 5.74) is 7.20. The van der Waals surface area contributed by atoms with Crippen LogP contribution in [0.3, 0.4) is 0 Å². The van der Waals surface area contributed by atoms with Crippen molar-refractivity contribution in [1.82, 2.24) is 5.32 Å². The molecule has 25 heavy (non-hydrogen) atoms.